The lowest BCUT2D eigenvalue weighted by molar-refractivity contribution is -0.122. The Bertz CT molecular complexity index is 574. The number of hydrogen-bond acceptors (Lipinski definition) is 4. The number of carbonyl (C=O) groups excluding carboxylic acids is 2. The summed E-state index contributed by atoms with van der Waals surface area (Å²) in [6.45, 7) is 5.26. The molecule has 2 N–H and O–H groups in total. The largest absolute Gasteiger partial charge is 0.486 e. The minimum atomic E-state index is -0.0762. The highest BCUT2D eigenvalue weighted by molar-refractivity contribution is 5.76. The molecule has 1 atom stereocenters. The van der Waals surface area contributed by atoms with Crippen LogP contribution in [-0.4, -0.2) is 31.6 Å². The quantitative estimate of drug-likeness (QED) is 0.716. The van der Waals surface area contributed by atoms with E-state index in [0.717, 1.165) is 36.3 Å². The highest BCUT2D eigenvalue weighted by atomic mass is 16.6. The molecular weight excluding hydrogens is 308 g/mol. The van der Waals surface area contributed by atoms with Gasteiger partial charge in [0.2, 0.25) is 11.8 Å². The molecule has 6 heteroatoms. The van der Waals surface area contributed by atoms with E-state index in [1.165, 1.54) is 6.92 Å². The summed E-state index contributed by atoms with van der Waals surface area (Å²) in [4.78, 5) is 22.8. The Morgan fingerprint density at radius 3 is 2.62 bits per heavy atom. The molecule has 0 fully saturated rings. The third kappa shape index (κ3) is 5.76. The molecular formula is C18H26N2O4. The Labute approximate surface area is 142 Å². The second kappa shape index (κ2) is 9.15. The molecule has 0 aliphatic carbocycles. The van der Waals surface area contributed by atoms with Crippen molar-refractivity contribution in [3.05, 3.63) is 23.8 Å². The standard InChI is InChI=1S/C18H26N2O4/c1-13(15-7-8-16-17(12-15)24-11-10-23-16)20-18(22)6-4-3-5-9-19-14(2)21/h7-8,12-13H,3-6,9-11H2,1-2H3,(H,19,21)(H,20,22). The van der Waals surface area contributed by atoms with Crippen LogP contribution in [0.15, 0.2) is 18.2 Å². The van der Waals surface area contributed by atoms with Gasteiger partial charge in [0.15, 0.2) is 11.5 Å². The molecule has 1 aromatic rings. The fraction of sp³-hybridized carbons (Fsp3) is 0.556. The smallest absolute Gasteiger partial charge is 0.220 e. The summed E-state index contributed by atoms with van der Waals surface area (Å²) in [5, 5.41) is 5.76. The minimum absolute atomic E-state index is 0.0130. The Morgan fingerprint density at radius 2 is 1.88 bits per heavy atom. The average Bonchev–Trinajstić information content (AvgIpc) is 2.57. The number of ether oxygens (including phenoxy) is 2. The first-order chi connectivity index (χ1) is 11.6. The van der Waals surface area contributed by atoms with E-state index in [0.29, 0.717) is 26.2 Å². The van der Waals surface area contributed by atoms with Gasteiger partial charge in [-0.25, -0.2) is 0 Å². The second-order valence-corrected chi connectivity index (χ2v) is 5.99. The molecule has 1 aromatic carbocycles. The fourth-order valence-electron chi connectivity index (χ4n) is 2.58. The van der Waals surface area contributed by atoms with Crippen LogP contribution in [0, 0.1) is 0 Å². The lowest BCUT2D eigenvalue weighted by atomic mass is 10.1. The zero-order valence-corrected chi connectivity index (χ0v) is 14.4. The number of amides is 2. The van der Waals surface area contributed by atoms with E-state index in [9.17, 15) is 9.59 Å². The normalized spacial score (nSPS) is 13.9. The van der Waals surface area contributed by atoms with Crippen molar-refractivity contribution in [1.82, 2.24) is 10.6 Å². The molecule has 0 saturated heterocycles. The minimum Gasteiger partial charge on any atom is -0.486 e. The van der Waals surface area contributed by atoms with Gasteiger partial charge in [0.05, 0.1) is 6.04 Å². The van der Waals surface area contributed by atoms with Crippen molar-refractivity contribution in [3.63, 3.8) is 0 Å². The van der Waals surface area contributed by atoms with Crippen LogP contribution in [0.4, 0.5) is 0 Å². The van der Waals surface area contributed by atoms with E-state index >= 15 is 0 Å². The molecule has 1 aliphatic rings. The molecule has 1 heterocycles. The zero-order chi connectivity index (χ0) is 17.4. The van der Waals surface area contributed by atoms with Crippen molar-refractivity contribution < 1.29 is 19.1 Å². The average molecular weight is 334 g/mol. The maximum atomic E-state index is 12.0. The summed E-state index contributed by atoms with van der Waals surface area (Å²) in [5.74, 6) is 1.51. The van der Waals surface area contributed by atoms with Crippen LogP contribution >= 0.6 is 0 Å². The van der Waals surface area contributed by atoms with E-state index in [1.807, 2.05) is 25.1 Å². The number of nitrogens with one attached hydrogen (secondary N) is 2. The maximum absolute atomic E-state index is 12.0. The monoisotopic (exact) mass is 334 g/mol. The number of benzene rings is 1. The highest BCUT2D eigenvalue weighted by Gasteiger charge is 2.15. The molecule has 2 amide bonds. The molecule has 0 aromatic heterocycles. The van der Waals surface area contributed by atoms with Gasteiger partial charge in [-0.15, -0.1) is 0 Å². The fourth-order valence-corrected chi connectivity index (χ4v) is 2.58. The number of carbonyl (C=O) groups is 2. The first kappa shape index (κ1) is 18.1. The summed E-state index contributed by atoms with van der Waals surface area (Å²) < 4.78 is 11.1. The van der Waals surface area contributed by atoms with Crippen molar-refractivity contribution >= 4 is 11.8 Å². The molecule has 1 aliphatic heterocycles. The third-order valence-corrected chi connectivity index (χ3v) is 3.90. The number of fused-ring (bicyclic) bond motifs is 1. The molecule has 132 valence electrons. The van der Waals surface area contributed by atoms with E-state index in [2.05, 4.69) is 10.6 Å². The molecule has 0 bridgehead atoms. The van der Waals surface area contributed by atoms with Gasteiger partial charge in [-0.05, 0) is 37.5 Å². The van der Waals surface area contributed by atoms with Gasteiger partial charge in [0, 0.05) is 19.9 Å². The van der Waals surface area contributed by atoms with Crippen LogP contribution in [0.5, 0.6) is 11.5 Å². The summed E-state index contributed by atoms with van der Waals surface area (Å²) in [5.41, 5.74) is 0.998. The number of hydrogen-bond donors (Lipinski definition) is 2. The Morgan fingerprint density at radius 1 is 1.12 bits per heavy atom. The molecule has 1 unspecified atom stereocenters. The van der Waals surface area contributed by atoms with Crippen LogP contribution in [0.25, 0.3) is 0 Å². The Hall–Kier alpha value is -2.24. The molecule has 6 nitrogen and oxygen atoms in total. The molecule has 0 spiro atoms. The van der Waals surface area contributed by atoms with Gasteiger partial charge in [0.25, 0.3) is 0 Å². The number of unbranched alkanes of at least 4 members (excludes halogenated alkanes) is 2. The van der Waals surface area contributed by atoms with Crippen molar-refractivity contribution in [2.24, 2.45) is 0 Å². The van der Waals surface area contributed by atoms with E-state index in [4.69, 9.17) is 9.47 Å². The molecule has 2 rings (SSSR count). The molecule has 0 radical (unpaired) electrons. The Balaban J connectivity index is 1.70. The predicted octanol–water partition coefficient (Wildman–Crippen LogP) is 2.33. The third-order valence-electron chi connectivity index (χ3n) is 3.90. The van der Waals surface area contributed by atoms with Crippen molar-refractivity contribution in [1.29, 1.82) is 0 Å². The van der Waals surface area contributed by atoms with E-state index in [-0.39, 0.29) is 17.9 Å². The molecule has 24 heavy (non-hydrogen) atoms. The SMILES string of the molecule is CC(=O)NCCCCCC(=O)NC(C)c1ccc2c(c1)OCCO2. The van der Waals surface area contributed by atoms with E-state index in [1.54, 1.807) is 0 Å². The first-order valence-corrected chi connectivity index (χ1v) is 8.49. The number of rotatable bonds is 8. The van der Waals surface area contributed by atoms with Crippen molar-refractivity contribution in [2.75, 3.05) is 19.8 Å². The lowest BCUT2D eigenvalue weighted by Crippen LogP contribution is -2.26. The van der Waals surface area contributed by atoms with Crippen LogP contribution in [0.1, 0.15) is 51.1 Å². The van der Waals surface area contributed by atoms with Gasteiger partial charge in [0.1, 0.15) is 13.2 Å². The van der Waals surface area contributed by atoms with Gasteiger partial charge in [-0.1, -0.05) is 12.5 Å². The predicted molar refractivity (Wildman–Crippen MR) is 91.1 cm³/mol. The topological polar surface area (TPSA) is 76.7 Å². The second-order valence-electron chi connectivity index (χ2n) is 5.99. The van der Waals surface area contributed by atoms with Gasteiger partial charge in [-0.2, -0.15) is 0 Å². The lowest BCUT2D eigenvalue weighted by Gasteiger charge is -2.21. The Kier molecular flexibility index (Phi) is 6.90. The highest BCUT2D eigenvalue weighted by Crippen LogP contribution is 2.32. The summed E-state index contributed by atoms with van der Waals surface area (Å²) in [6.07, 6.45) is 3.13. The van der Waals surface area contributed by atoms with Crippen molar-refractivity contribution in [2.45, 2.75) is 45.6 Å². The molecule has 0 saturated carbocycles. The first-order valence-electron chi connectivity index (χ1n) is 8.49. The maximum Gasteiger partial charge on any atom is 0.220 e. The van der Waals surface area contributed by atoms with Crippen LogP contribution in [0.3, 0.4) is 0 Å². The van der Waals surface area contributed by atoms with Gasteiger partial charge in [-0.3, -0.25) is 9.59 Å². The van der Waals surface area contributed by atoms with Crippen molar-refractivity contribution in [3.8, 4) is 11.5 Å². The summed E-state index contributed by atoms with van der Waals surface area (Å²) >= 11 is 0. The van der Waals surface area contributed by atoms with Crippen LogP contribution in [0.2, 0.25) is 0 Å². The van der Waals surface area contributed by atoms with Crippen LogP contribution in [-0.2, 0) is 9.59 Å². The van der Waals surface area contributed by atoms with Gasteiger partial charge < -0.3 is 20.1 Å². The van der Waals surface area contributed by atoms with Crippen LogP contribution < -0.4 is 20.1 Å². The summed E-state index contributed by atoms with van der Waals surface area (Å²) in [7, 11) is 0. The summed E-state index contributed by atoms with van der Waals surface area (Å²) in [6, 6.07) is 5.68. The van der Waals surface area contributed by atoms with E-state index < -0.39 is 0 Å². The zero-order valence-electron chi connectivity index (χ0n) is 14.4. The van der Waals surface area contributed by atoms with Gasteiger partial charge >= 0.3 is 0 Å².